The fourth-order valence-corrected chi connectivity index (χ4v) is 3.74. The smallest absolute Gasteiger partial charge is 0.192 e. The molecule has 0 amide bonds. The molecule has 1 unspecified atom stereocenters. The predicted molar refractivity (Wildman–Crippen MR) is 106 cm³/mol. The van der Waals surface area contributed by atoms with Crippen molar-refractivity contribution in [3.63, 3.8) is 0 Å². The largest absolute Gasteiger partial charge is 0.410 e. The van der Waals surface area contributed by atoms with Crippen LogP contribution in [-0.2, 0) is 4.43 Å². The number of hydrogen-bond donors (Lipinski definition) is 0. The van der Waals surface area contributed by atoms with Gasteiger partial charge in [0.25, 0.3) is 0 Å². The van der Waals surface area contributed by atoms with Gasteiger partial charge >= 0.3 is 0 Å². The van der Waals surface area contributed by atoms with E-state index in [4.69, 9.17) is 4.43 Å². The summed E-state index contributed by atoms with van der Waals surface area (Å²) in [4.78, 5) is 0. The van der Waals surface area contributed by atoms with Crippen molar-refractivity contribution in [3.05, 3.63) is 48.6 Å². The summed E-state index contributed by atoms with van der Waals surface area (Å²) in [6.45, 7) is 24.5. The molecule has 0 N–H and O–H groups in total. The van der Waals surface area contributed by atoms with Crippen molar-refractivity contribution in [2.24, 2.45) is 11.8 Å². The minimum absolute atomic E-state index is 0.107. The Bertz CT molecular complexity index is 488. The lowest BCUT2D eigenvalue weighted by Gasteiger charge is -2.40. The van der Waals surface area contributed by atoms with E-state index in [1.54, 1.807) is 0 Å². The molecule has 2 heteroatoms. The van der Waals surface area contributed by atoms with E-state index in [-0.39, 0.29) is 11.1 Å². The van der Waals surface area contributed by atoms with Crippen LogP contribution in [0.1, 0.15) is 47.5 Å². The van der Waals surface area contributed by atoms with Crippen molar-refractivity contribution in [3.8, 4) is 0 Å². The van der Waals surface area contributed by atoms with E-state index >= 15 is 0 Å². The average Bonchev–Trinajstić information content (AvgIpc) is 2.39. The molecule has 1 nitrogen and oxygen atoms in total. The minimum atomic E-state index is -1.82. The van der Waals surface area contributed by atoms with E-state index in [9.17, 15) is 0 Å². The Hall–Kier alpha value is -0.863. The van der Waals surface area contributed by atoms with Gasteiger partial charge in [-0.15, -0.1) is 0 Å². The first-order chi connectivity index (χ1) is 10.4. The predicted octanol–water partition coefficient (Wildman–Crippen LogP) is 6.67. The number of rotatable bonds is 3. The molecule has 2 atom stereocenters. The van der Waals surface area contributed by atoms with E-state index < -0.39 is 8.32 Å². The zero-order chi connectivity index (χ0) is 17.8. The highest BCUT2D eigenvalue weighted by Gasteiger charge is 2.39. The van der Waals surface area contributed by atoms with Crippen LogP contribution >= 0.6 is 0 Å². The van der Waals surface area contributed by atoms with Crippen molar-refractivity contribution in [2.75, 3.05) is 0 Å². The molecule has 0 aliphatic heterocycles. The standard InChI is InChI=1S/C21H36OSi/c1-16(2)19-14-13-17(3)11-10-12-18(4)20(15-19)22-23(8,9)21(5,6)7/h10,12-14,16,19-20H,3-4,11,15H2,1-2,5-9H3/b12-10-,14-13+/t19-,20?/m0/s1. The van der Waals surface area contributed by atoms with Gasteiger partial charge in [-0.25, -0.2) is 0 Å². The summed E-state index contributed by atoms with van der Waals surface area (Å²) in [6, 6.07) is 0. The monoisotopic (exact) mass is 332 g/mol. The van der Waals surface area contributed by atoms with Crippen molar-refractivity contribution in [2.45, 2.75) is 71.7 Å². The Morgan fingerprint density at radius 1 is 1.17 bits per heavy atom. The second-order valence-corrected chi connectivity index (χ2v) is 13.5. The van der Waals surface area contributed by atoms with Gasteiger partial charge in [0.15, 0.2) is 8.32 Å². The molecule has 0 aromatic carbocycles. The third-order valence-corrected chi connectivity index (χ3v) is 9.78. The van der Waals surface area contributed by atoms with Gasteiger partial charge in [-0.1, -0.05) is 77.7 Å². The highest BCUT2D eigenvalue weighted by atomic mass is 28.4. The van der Waals surface area contributed by atoms with Gasteiger partial charge in [0.05, 0.1) is 6.10 Å². The third kappa shape index (κ3) is 5.93. The first-order valence-electron chi connectivity index (χ1n) is 8.83. The summed E-state index contributed by atoms with van der Waals surface area (Å²) < 4.78 is 6.73. The molecular formula is C21H36OSi. The Balaban J connectivity index is 3.08. The Morgan fingerprint density at radius 3 is 2.30 bits per heavy atom. The molecule has 0 saturated heterocycles. The van der Waals surface area contributed by atoms with E-state index in [0.717, 1.165) is 24.0 Å². The van der Waals surface area contributed by atoms with Crippen molar-refractivity contribution in [1.82, 2.24) is 0 Å². The van der Waals surface area contributed by atoms with Gasteiger partial charge in [-0.05, 0) is 48.4 Å². The molecule has 0 aromatic heterocycles. The Kier molecular flexibility index (Phi) is 6.85. The Labute approximate surface area is 145 Å². The zero-order valence-corrected chi connectivity index (χ0v) is 17.3. The lowest BCUT2D eigenvalue weighted by atomic mass is 9.86. The van der Waals surface area contributed by atoms with Gasteiger partial charge < -0.3 is 4.43 Å². The number of hydrogen-bond acceptors (Lipinski definition) is 1. The summed E-state index contributed by atoms with van der Waals surface area (Å²) in [5.41, 5.74) is 2.26. The number of allylic oxidation sites excluding steroid dienone is 4. The van der Waals surface area contributed by atoms with Gasteiger partial charge in [-0.2, -0.15) is 0 Å². The molecule has 0 saturated carbocycles. The van der Waals surface area contributed by atoms with Crippen LogP contribution in [0, 0.1) is 11.8 Å². The van der Waals surface area contributed by atoms with Gasteiger partial charge in [0.1, 0.15) is 0 Å². The normalized spacial score (nSPS) is 27.1. The van der Waals surface area contributed by atoms with E-state index in [2.05, 4.69) is 85.2 Å². The molecule has 0 bridgehead atoms. The fraction of sp³-hybridized carbons (Fsp3) is 0.619. The molecule has 1 rings (SSSR count). The first-order valence-corrected chi connectivity index (χ1v) is 11.7. The van der Waals surface area contributed by atoms with E-state index in [1.807, 2.05) is 0 Å². The van der Waals surface area contributed by atoms with Crippen molar-refractivity contribution >= 4 is 8.32 Å². The van der Waals surface area contributed by atoms with Crippen LogP contribution in [0.15, 0.2) is 48.6 Å². The van der Waals surface area contributed by atoms with Crippen LogP contribution in [0.2, 0.25) is 18.1 Å². The summed E-state index contributed by atoms with van der Waals surface area (Å²) in [7, 11) is -1.82. The van der Waals surface area contributed by atoms with Crippen LogP contribution in [-0.4, -0.2) is 14.4 Å². The topological polar surface area (TPSA) is 9.23 Å². The van der Waals surface area contributed by atoms with E-state index in [0.29, 0.717) is 11.8 Å². The van der Waals surface area contributed by atoms with Crippen LogP contribution in [0.3, 0.4) is 0 Å². The lowest BCUT2D eigenvalue weighted by molar-refractivity contribution is 0.182. The van der Waals surface area contributed by atoms with Crippen molar-refractivity contribution < 1.29 is 4.43 Å². The zero-order valence-electron chi connectivity index (χ0n) is 16.3. The summed E-state index contributed by atoms with van der Waals surface area (Å²) in [5.74, 6) is 1.07. The first kappa shape index (κ1) is 20.2. The molecule has 0 fully saturated rings. The fourth-order valence-electron chi connectivity index (χ4n) is 2.42. The van der Waals surface area contributed by atoms with E-state index in [1.165, 1.54) is 0 Å². The Morgan fingerprint density at radius 2 is 1.78 bits per heavy atom. The quantitative estimate of drug-likeness (QED) is 0.524. The molecule has 130 valence electrons. The summed E-state index contributed by atoms with van der Waals surface area (Å²) in [6.07, 6.45) is 10.8. The van der Waals surface area contributed by atoms with Gasteiger partial charge in [0.2, 0.25) is 0 Å². The molecule has 0 heterocycles. The highest BCUT2D eigenvalue weighted by molar-refractivity contribution is 6.74. The molecule has 1 aliphatic carbocycles. The minimum Gasteiger partial charge on any atom is -0.410 e. The second kappa shape index (κ2) is 7.81. The molecular weight excluding hydrogens is 296 g/mol. The lowest BCUT2D eigenvalue weighted by Crippen LogP contribution is -2.44. The van der Waals surface area contributed by atoms with Crippen LogP contribution in [0.25, 0.3) is 0 Å². The van der Waals surface area contributed by atoms with Gasteiger partial charge in [0, 0.05) is 0 Å². The SMILES string of the molecule is C=C1/C=C/[C@H](C(C)C)CC(O[Si](C)(C)C(C)(C)C)C(=C)/C=C\C1. The highest BCUT2D eigenvalue weighted by Crippen LogP contribution is 2.39. The van der Waals surface area contributed by atoms with Crippen LogP contribution in [0.4, 0.5) is 0 Å². The molecule has 23 heavy (non-hydrogen) atoms. The second-order valence-electron chi connectivity index (χ2n) is 8.71. The van der Waals surface area contributed by atoms with Gasteiger partial charge in [-0.3, -0.25) is 0 Å². The molecule has 1 aliphatic rings. The maximum atomic E-state index is 6.73. The summed E-state index contributed by atoms with van der Waals surface area (Å²) in [5, 5.41) is 0.212. The third-order valence-electron chi connectivity index (χ3n) is 5.29. The average molecular weight is 333 g/mol. The maximum absolute atomic E-state index is 6.73. The summed E-state index contributed by atoms with van der Waals surface area (Å²) >= 11 is 0. The van der Waals surface area contributed by atoms with Crippen LogP contribution < -0.4 is 0 Å². The molecule has 0 radical (unpaired) electrons. The van der Waals surface area contributed by atoms with Crippen molar-refractivity contribution in [1.29, 1.82) is 0 Å². The van der Waals surface area contributed by atoms with Crippen LogP contribution in [0.5, 0.6) is 0 Å². The maximum Gasteiger partial charge on any atom is 0.192 e. The molecule has 0 spiro atoms. The molecule has 0 aromatic rings.